The molecular weight excluding hydrogens is 433 g/mol. The van der Waals surface area contributed by atoms with Gasteiger partial charge in [-0.15, -0.1) is 10.2 Å². The van der Waals surface area contributed by atoms with Crippen molar-refractivity contribution in [2.75, 3.05) is 7.11 Å². The van der Waals surface area contributed by atoms with Crippen LogP contribution >= 0.6 is 0 Å². The maximum Gasteiger partial charge on any atom is 0.213 e. The van der Waals surface area contributed by atoms with Gasteiger partial charge in [0.1, 0.15) is 17.6 Å². The molecule has 2 aromatic heterocycles. The number of aromatic hydroxyl groups is 1. The van der Waals surface area contributed by atoms with Gasteiger partial charge in [-0.05, 0) is 55.2 Å². The summed E-state index contributed by atoms with van der Waals surface area (Å²) in [6.45, 7) is 8.02. The lowest BCUT2D eigenvalue weighted by Crippen LogP contribution is -2.61. The SMILES string of the molecule is C=C(c1ncc(-c2ccc(-c3ccnc(OC)c3)cc2O)nn1)[C@@H]1C[C@@]2(C)C=C[C@](C)(N2)[C@@H]1F. The summed E-state index contributed by atoms with van der Waals surface area (Å²) in [5.41, 5.74) is 2.08. The molecule has 34 heavy (non-hydrogen) atoms. The number of nitrogens with zero attached hydrogens (tertiary/aromatic N) is 4. The molecule has 1 saturated heterocycles. The molecule has 2 aliphatic rings. The predicted molar refractivity (Wildman–Crippen MR) is 128 cm³/mol. The number of methoxy groups -OCH3 is 1. The molecule has 5 rings (SSSR count). The van der Waals surface area contributed by atoms with E-state index in [0.717, 1.165) is 11.1 Å². The third-order valence-electron chi connectivity index (χ3n) is 6.77. The number of nitrogens with one attached hydrogen (secondary N) is 1. The number of rotatable bonds is 5. The van der Waals surface area contributed by atoms with Crippen molar-refractivity contribution in [1.82, 2.24) is 25.5 Å². The van der Waals surface area contributed by atoms with E-state index in [2.05, 4.69) is 39.0 Å². The van der Waals surface area contributed by atoms with Crippen LogP contribution in [0.5, 0.6) is 11.6 Å². The van der Waals surface area contributed by atoms with Gasteiger partial charge in [0.15, 0.2) is 5.82 Å². The number of alkyl halides is 1. The summed E-state index contributed by atoms with van der Waals surface area (Å²) in [5, 5.41) is 22.5. The van der Waals surface area contributed by atoms with E-state index >= 15 is 4.39 Å². The molecule has 0 amide bonds. The second kappa shape index (κ2) is 7.99. The third kappa shape index (κ3) is 3.74. The molecule has 0 radical (unpaired) electrons. The van der Waals surface area contributed by atoms with Gasteiger partial charge in [-0.3, -0.25) is 5.32 Å². The second-order valence-corrected chi connectivity index (χ2v) is 9.38. The van der Waals surface area contributed by atoms with E-state index in [9.17, 15) is 5.11 Å². The van der Waals surface area contributed by atoms with Crippen molar-refractivity contribution in [2.24, 2.45) is 5.92 Å². The zero-order valence-corrected chi connectivity index (χ0v) is 19.3. The van der Waals surface area contributed by atoms with E-state index in [-0.39, 0.29) is 11.3 Å². The fourth-order valence-corrected chi connectivity index (χ4v) is 4.95. The highest BCUT2D eigenvalue weighted by molar-refractivity contribution is 5.74. The number of phenols is 1. The van der Waals surface area contributed by atoms with Gasteiger partial charge in [0, 0.05) is 29.3 Å². The third-order valence-corrected chi connectivity index (χ3v) is 6.77. The van der Waals surface area contributed by atoms with Crippen molar-refractivity contribution in [3.05, 3.63) is 67.3 Å². The van der Waals surface area contributed by atoms with Crippen LogP contribution in [-0.2, 0) is 0 Å². The first kappa shape index (κ1) is 22.2. The molecule has 1 aromatic carbocycles. The first-order valence-corrected chi connectivity index (χ1v) is 11.1. The number of phenolic OH excluding ortho intramolecular Hbond substituents is 1. The van der Waals surface area contributed by atoms with Crippen LogP contribution in [0.2, 0.25) is 0 Å². The van der Waals surface area contributed by atoms with Gasteiger partial charge in [-0.1, -0.05) is 24.8 Å². The van der Waals surface area contributed by atoms with Crippen molar-refractivity contribution in [3.8, 4) is 34.0 Å². The second-order valence-electron chi connectivity index (χ2n) is 9.38. The van der Waals surface area contributed by atoms with Crippen LogP contribution in [-0.4, -0.2) is 49.6 Å². The van der Waals surface area contributed by atoms with Gasteiger partial charge in [-0.2, -0.15) is 0 Å². The number of fused-ring (bicyclic) bond motifs is 2. The van der Waals surface area contributed by atoms with E-state index in [1.165, 1.54) is 6.20 Å². The van der Waals surface area contributed by atoms with Crippen LogP contribution in [0.15, 0.2) is 61.5 Å². The summed E-state index contributed by atoms with van der Waals surface area (Å²) in [5.74, 6) is 0.415. The molecule has 7 nitrogen and oxygen atoms in total. The van der Waals surface area contributed by atoms with Crippen LogP contribution < -0.4 is 10.1 Å². The Morgan fingerprint density at radius 3 is 2.65 bits per heavy atom. The summed E-state index contributed by atoms with van der Waals surface area (Å²) in [6, 6.07) is 8.89. The van der Waals surface area contributed by atoms with Gasteiger partial charge < -0.3 is 9.84 Å². The Balaban J connectivity index is 1.38. The highest BCUT2D eigenvalue weighted by Gasteiger charge is 2.53. The number of allylic oxidation sites excluding steroid dienone is 1. The summed E-state index contributed by atoms with van der Waals surface area (Å²) in [4.78, 5) is 8.51. The van der Waals surface area contributed by atoms with Crippen LogP contribution in [0, 0.1) is 5.92 Å². The highest BCUT2D eigenvalue weighted by Crippen LogP contribution is 2.45. The molecule has 2 aliphatic heterocycles. The summed E-state index contributed by atoms with van der Waals surface area (Å²) in [7, 11) is 1.55. The Morgan fingerprint density at radius 2 is 1.94 bits per heavy atom. The van der Waals surface area contributed by atoms with Gasteiger partial charge in [-0.25, -0.2) is 14.4 Å². The first-order chi connectivity index (χ1) is 16.2. The molecule has 0 aliphatic carbocycles. The Morgan fingerprint density at radius 1 is 1.15 bits per heavy atom. The zero-order chi connectivity index (χ0) is 24.1. The topological polar surface area (TPSA) is 93.1 Å². The van der Waals surface area contributed by atoms with Crippen molar-refractivity contribution < 1.29 is 14.2 Å². The van der Waals surface area contributed by atoms with E-state index in [1.54, 1.807) is 31.5 Å². The molecule has 0 saturated carbocycles. The number of hydrogen-bond donors (Lipinski definition) is 2. The van der Waals surface area contributed by atoms with Crippen molar-refractivity contribution >= 4 is 5.57 Å². The fraction of sp³-hybridized carbons (Fsp3) is 0.308. The van der Waals surface area contributed by atoms with E-state index in [1.807, 2.05) is 31.2 Å². The summed E-state index contributed by atoms with van der Waals surface area (Å²) >= 11 is 0. The fourth-order valence-electron chi connectivity index (χ4n) is 4.95. The van der Waals surface area contributed by atoms with E-state index in [4.69, 9.17) is 4.74 Å². The lowest BCUT2D eigenvalue weighted by Gasteiger charge is -2.45. The molecule has 2 N–H and O–H groups in total. The number of hydrogen-bond acceptors (Lipinski definition) is 7. The molecule has 1 fully saturated rings. The number of pyridine rings is 1. The van der Waals surface area contributed by atoms with Crippen LogP contribution in [0.1, 0.15) is 26.1 Å². The molecular formula is C26H26FN5O2. The highest BCUT2D eigenvalue weighted by atomic mass is 19.1. The minimum atomic E-state index is -1.15. The van der Waals surface area contributed by atoms with Crippen molar-refractivity contribution in [1.29, 1.82) is 0 Å². The zero-order valence-electron chi connectivity index (χ0n) is 19.3. The lowest BCUT2D eigenvalue weighted by atomic mass is 9.74. The normalized spacial score (nSPS) is 27.5. The monoisotopic (exact) mass is 459 g/mol. The largest absolute Gasteiger partial charge is 0.507 e. The summed E-state index contributed by atoms with van der Waals surface area (Å²) in [6.07, 6.45) is 6.52. The number of piperidine rings is 1. The maximum absolute atomic E-state index is 15.4. The van der Waals surface area contributed by atoms with Gasteiger partial charge in [0.05, 0.1) is 18.8 Å². The molecule has 4 heterocycles. The minimum Gasteiger partial charge on any atom is -0.507 e. The Labute approximate surface area is 197 Å². The average molecular weight is 460 g/mol. The van der Waals surface area contributed by atoms with Gasteiger partial charge >= 0.3 is 0 Å². The Kier molecular flexibility index (Phi) is 5.20. The predicted octanol–water partition coefficient (Wildman–Crippen LogP) is 4.36. The smallest absolute Gasteiger partial charge is 0.213 e. The van der Waals surface area contributed by atoms with E-state index in [0.29, 0.717) is 35.0 Å². The van der Waals surface area contributed by atoms with Crippen LogP contribution in [0.3, 0.4) is 0 Å². The standard InChI is InChI=1S/C26H26FN5O2/c1-15(19-13-25(2)8-9-26(3,32-25)23(19)27)24-29-14-20(30-31-24)18-6-5-16(11-21(18)33)17-7-10-28-22(12-17)34-4/h5-12,14,19,23,32-33H,1,13H2,2-4H3/t19-,23+,25+,26-/m0/s1. The molecule has 0 spiro atoms. The van der Waals surface area contributed by atoms with Gasteiger partial charge in [0.2, 0.25) is 5.88 Å². The molecule has 3 aromatic rings. The minimum absolute atomic E-state index is 0.0432. The number of halogens is 1. The maximum atomic E-state index is 15.4. The van der Waals surface area contributed by atoms with Crippen LogP contribution in [0.25, 0.3) is 28.0 Å². The van der Waals surface area contributed by atoms with Crippen molar-refractivity contribution in [2.45, 2.75) is 37.5 Å². The van der Waals surface area contributed by atoms with Gasteiger partial charge in [0.25, 0.3) is 0 Å². The lowest BCUT2D eigenvalue weighted by molar-refractivity contribution is 0.0911. The molecule has 174 valence electrons. The van der Waals surface area contributed by atoms with E-state index < -0.39 is 17.6 Å². The molecule has 0 unspecified atom stereocenters. The molecule has 2 bridgehead atoms. The number of ether oxygens (including phenoxy) is 1. The van der Waals surface area contributed by atoms with Crippen LogP contribution in [0.4, 0.5) is 4.39 Å². The molecule has 8 heteroatoms. The molecule has 4 atom stereocenters. The average Bonchev–Trinajstić information content (AvgIpc) is 3.12. The number of aromatic nitrogens is 4. The summed E-state index contributed by atoms with van der Waals surface area (Å²) < 4.78 is 20.5. The Hall–Kier alpha value is -3.65. The van der Waals surface area contributed by atoms with Crippen molar-refractivity contribution in [3.63, 3.8) is 0 Å². The first-order valence-electron chi connectivity index (χ1n) is 11.1. The quantitative estimate of drug-likeness (QED) is 0.548. The Bertz CT molecular complexity index is 1290. The number of benzene rings is 1.